The van der Waals surface area contributed by atoms with E-state index in [9.17, 15) is 4.79 Å². The summed E-state index contributed by atoms with van der Waals surface area (Å²) >= 11 is 11.3. The third-order valence-electron chi connectivity index (χ3n) is 4.62. The molecular formula is C22H19ClN4O3S. The smallest absolute Gasteiger partial charge is 0.257 e. The molecule has 1 amide bonds. The van der Waals surface area contributed by atoms with Crippen molar-refractivity contribution >= 4 is 40.7 Å². The molecule has 3 N–H and O–H groups in total. The molecule has 3 aromatic rings. The number of hydrogen-bond donors (Lipinski definition) is 3. The van der Waals surface area contributed by atoms with Crippen LogP contribution in [0.15, 0.2) is 70.4 Å². The number of rotatable bonds is 5. The second-order valence-electron chi connectivity index (χ2n) is 6.98. The highest BCUT2D eigenvalue weighted by Gasteiger charge is 2.30. The first-order chi connectivity index (χ1) is 14.9. The first-order valence-corrected chi connectivity index (χ1v) is 10.2. The Morgan fingerprint density at radius 2 is 1.94 bits per heavy atom. The van der Waals surface area contributed by atoms with Gasteiger partial charge in [0.2, 0.25) is 0 Å². The van der Waals surface area contributed by atoms with E-state index in [1.165, 1.54) is 0 Å². The monoisotopic (exact) mass is 454 g/mol. The summed E-state index contributed by atoms with van der Waals surface area (Å²) in [5.74, 6) is 1.90. The van der Waals surface area contributed by atoms with Crippen molar-refractivity contribution < 1.29 is 14.1 Å². The van der Waals surface area contributed by atoms with Crippen LogP contribution in [0.3, 0.4) is 0 Å². The van der Waals surface area contributed by atoms with Crippen LogP contribution >= 0.6 is 23.8 Å². The number of hydrogen-bond acceptors (Lipinski definition) is 5. The molecule has 2 aromatic carbocycles. The SMILES string of the molecule is CC1=C(C(=O)Nc2cc(C)on2)C(c2cccc(Oc3ccc(Cl)cc3)c2)NC(=S)N1. The Bertz CT molecular complexity index is 1170. The maximum atomic E-state index is 13.1. The van der Waals surface area contributed by atoms with Crippen LogP contribution in [0.2, 0.25) is 5.02 Å². The van der Waals surface area contributed by atoms with Crippen molar-refractivity contribution in [3.8, 4) is 11.5 Å². The number of aryl methyl sites for hydroxylation is 1. The van der Waals surface area contributed by atoms with Crippen LogP contribution < -0.4 is 20.7 Å². The Morgan fingerprint density at radius 1 is 1.16 bits per heavy atom. The number of carbonyl (C=O) groups is 1. The average molecular weight is 455 g/mol. The van der Waals surface area contributed by atoms with Crippen molar-refractivity contribution in [1.29, 1.82) is 0 Å². The van der Waals surface area contributed by atoms with E-state index in [-0.39, 0.29) is 5.91 Å². The fourth-order valence-electron chi connectivity index (χ4n) is 3.25. The summed E-state index contributed by atoms with van der Waals surface area (Å²) in [5, 5.41) is 13.8. The van der Waals surface area contributed by atoms with E-state index in [1.54, 1.807) is 44.2 Å². The Balaban J connectivity index is 1.62. The molecule has 1 aromatic heterocycles. The molecular weight excluding hydrogens is 436 g/mol. The Hall–Kier alpha value is -3.36. The molecule has 1 aliphatic rings. The largest absolute Gasteiger partial charge is 0.457 e. The van der Waals surface area contributed by atoms with Gasteiger partial charge in [0.05, 0.1) is 11.6 Å². The topological polar surface area (TPSA) is 88.4 Å². The molecule has 4 rings (SSSR count). The lowest BCUT2D eigenvalue weighted by atomic mass is 9.95. The van der Waals surface area contributed by atoms with Crippen molar-refractivity contribution in [3.05, 3.63) is 82.2 Å². The number of carbonyl (C=O) groups excluding carboxylic acids is 1. The van der Waals surface area contributed by atoms with Crippen molar-refractivity contribution in [1.82, 2.24) is 15.8 Å². The van der Waals surface area contributed by atoms with Crippen molar-refractivity contribution in [2.75, 3.05) is 5.32 Å². The quantitative estimate of drug-likeness (QED) is 0.474. The maximum Gasteiger partial charge on any atom is 0.257 e. The number of aromatic nitrogens is 1. The molecule has 1 unspecified atom stereocenters. The minimum atomic E-state index is -0.476. The number of nitrogens with one attached hydrogen (secondary N) is 3. The standard InChI is InChI=1S/C22H19ClN4O3S/c1-12-10-18(27-30-12)25-21(28)19-13(2)24-22(31)26-20(19)14-4-3-5-17(11-14)29-16-8-6-15(23)7-9-16/h3-11,20H,1-2H3,(H2,24,26,31)(H,25,27,28). The fourth-order valence-corrected chi connectivity index (χ4v) is 3.65. The van der Waals surface area contributed by atoms with E-state index in [4.69, 9.17) is 33.1 Å². The van der Waals surface area contributed by atoms with Gasteiger partial charge in [0.1, 0.15) is 17.3 Å². The summed E-state index contributed by atoms with van der Waals surface area (Å²) in [7, 11) is 0. The molecule has 0 spiro atoms. The predicted molar refractivity (Wildman–Crippen MR) is 122 cm³/mol. The lowest BCUT2D eigenvalue weighted by molar-refractivity contribution is -0.113. The number of anilines is 1. The van der Waals surface area contributed by atoms with E-state index in [0.717, 1.165) is 5.56 Å². The third kappa shape index (κ3) is 4.87. The molecule has 2 heterocycles. The number of nitrogens with zero attached hydrogens (tertiary/aromatic N) is 1. The number of thiocarbonyl (C=S) groups is 1. The summed E-state index contributed by atoms with van der Waals surface area (Å²) in [6.07, 6.45) is 0. The van der Waals surface area contributed by atoms with Gasteiger partial charge < -0.3 is 25.2 Å². The normalized spacial score (nSPS) is 15.8. The van der Waals surface area contributed by atoms with Gasteiger partial charge in [0.25, 0.3) is 5.91 Å². The molecule has 158 valence electrons. The fraction of sp³-hybridized carbons (Fsp3) is 0.136. The highest BCUT2D eigenvalue weighted by Crippen LogP contribution is 2.31. The van der Waals surface area contributed by atoms with Gasteiger partial charge >= 0.3 is 0 Å². The number of benzene rings is 2. The Morgan fingerprint density at radius 3 is 2.65 bits per heavy atom. The number of amides is 1. The highest BCUT2D eigenvalue weighted by atomic mass is 35.5. The van der Waals surface area contributed by atoms with E-state index in [2.05, 4.69) is 21.1 Å². The molecule has 0 saturated heterocycles. The molecule has 31 heavy (non-hydrogen) atoms. The molecule has 0 bridgehead atoms. The summed E-state index contributed by atoms with van der Waals surface area (Å²) in [6.45, 7) is 3.56. The minimum absolute atomic E-state index is 0.317. The van der Waals surface area contributed by atoms with Gasteiger partial charge in [-0.15, -0.1) is 0 Å². The van der Waals surface area contributed by atoms with Gasteiger partial charge in [0.15, 0.2) is 10.9 Å². The number of allylic oxidation sites excluding steroid dienone is 1. The van der Waals surface area contributed by atoms with Crippen LogP contribution in [0, 0.1) is 6.92 Å². The zero-order valence-corrected chi connectivity index (χ0v) is 18.3. The molecule has 7 nitrogen and oxygen atoms in total. The van der Waals surface area contributed by atoms with Crippen LogP contribution in [-0.4, -0.2) is 16.2 Å². The van der Waals surface area contributed by atoms with E-state index < -0.39 is 6.04 Å². The second kappa shape index (κ2) is 8.79. The van der Waals surface area contributed by atoms with Crippen molar-refractivity contribution in [3.63, 3.8) is 0 Å². The Labute approximate surface area is 189 Å². The molecule has 1 atom stereocenters. The van der Waals surface area contributed by atoms with E-state index >= 15 is 0 Å². The van der Waals surface area contributed by atoms with Crippen LogP contribution in [0.5, 0.6) is 11.5 Å². The second-order valence-corrected chi connectivity index (χ2v) is 7.82. The zero-order chi connectivity index (χ0) is 22.0. The van der Waals surface area contributed by atoms with E-state index in [0.29, 0.717) is 44.5 Å². The summed E-state index contributed by atoms with van der Waals surface area (Å²) in [6, 6.07) is 15.7. The maximum absolute atomic E-state index is 13.1. The predicted octanol–water partition coefficient (Wildman–Crippen LogP) is 4.86. The minimum Gasteiger partial charge on any atom is -0.457 e. The van der Waals surface area contributed by atoms with Crippen LogP contribution in [0.4, 0.5) is 5.82 Å². The molecule has 9 heteroatoms. The summed E-state index contributed by atoms with van der Waals surface area (Å²) in [4.78, 5) is 13.1. The number of ether oxygens (including phenoxy) is 1. The summed E-state index contributed by atoms with van der Waals surface area (Å²) < 4.78 is 11.0. The van der Waals surface area contributed by atoms with Gasteiger partial charge in [-0.1, -0.05) is 28.9 Å². The van der Waals surface area contributed by atoms with Gasteiger partial charge in [-0.3, -0.25) is 4.79 Å². The van der Waals surface area contributed by atoms with Crippen molar-refractivity contribution in [2.45, 2.75) is 19.9 Å². The number of halogens is 1. The molecule has 0 radical (unpaired) electrons. The lowest BCUT2D eigenvalue weighted by Gasteiger charge is -2.30. The molecule has 0 aliphatic carbocycles. The molecule has 1 aliphatic heterocycles. The van der Waals surface area contributed by atoms with Crippen LogP contribution in [0.1, 0.15) is 24.3 Å². The van der Waals surface area contributed by atoms with Gasteiger partial charge in [-0.05, 0) is 68.0 Å². The Kier molecular flexibility index (Phi) is 5.92. The first-order valence-electron chi connectivity index (χ1n) is 9.45. The van der Waals surface area contributed by atoms with Gasteiger partial charge in [-0.2, -0.15) is 0 Å². The summed E-state index contributed by atoms with van der Waals surface area (Å²) in [5.41, 5.74) is 1.95. The first kappa shape index (κ1) is 20.9. The van der Waals surface area contributed by atoms with Crippen molar-refractivity contribution in [2.24, 2.45) is 0 Å². The lowest BCUT2D eigenvalue weighted by Crippen LogP contribution is -2.45. The molecule has 0 saturated carbocycles. The van der Waals surface area contributed by atoms with E-state index in [1.807, 2.05) is 24.3 Å². The zero-order valence-electron chi connectivity index (χ0n) is 16.7. The average Bonchev–Trinajstić information content (AvgIpc) is 3.13. The van der Waals surface area contributed by atoms with Crippen LogP contribution in [0.25, 0.3) is 0 Å². The molecule has 0 fully saturated rings. The highest BCUT2D eigenvalue weighted by molar-refractivity contribution is 7.80. The third-order valence-corrected chi connectivity index (χ3v) is 5.10. The van der Waals surface area contributed by atoms with Gasteiger partial charge in [0, 0.05) is 16.8 Å². The van der Waals surface area contributed by atoms with Gasteiger partial charge in [-0.25, -0.2) is 0 Å². The van der Waals surface area contributed by atoms with Crippen LogP contribution in [-0.2, 0) is 4.79 Å².